The number of hydrogen-bond acceptors (Lipinski definition) is 12. The number of carbonyl (C=O) groups excluding carboxylic acids is 10. The predicted octanol–water partition coefficient (Wildman–Crippen LogP) is 2.60. The van der Waals surface area contributed by atoms with Gasteiger partial charge in [0, 0.05) is 63.2 Å². The maximum Gasteiger partial charge on any atom is 0.252 e. The van der Waals surface area contributed by atoms with E-state index in [1.165, 1.54) is 47.9 Å². The van der Waals surface area contributed by atoms with Gasteiger partial charge in [0.15, 0.2) is 0 Å². The molecule has 0 aromatic heterocycles. The second-order valence-corrected chi connectivity index (χ2v) is 22.5. The fourth-order valence-electron chi connectivity index (χ4n) is 9.55. The van der Waals surface area contributed by atoms with Crippen LogP contribution in [0.2, 0.25) is 0 Å². The van der Waals surface area contributed by atoms with E-state index in [1.807, 2.05) is 60.7 Å². The Morgan fingerprint density at radius 1 is 0.526 bits per heavy atom. The molecule has 78 heavy (non-hydrogen) atoms. The van der Waals surface area contributed by atoms with E-state index in [0.29, 0.717) is 12.8 Å². The smallest absolute Gasteiger partial charge is 0.252 e. The minimum absolute atomic E-state index is 0.0385. The van der Waals surface area contributed by atoms with Crippen LogP contribution in [0, 0.1) is 10.8 Å². The monoisotopic (exact) mass is 1080 g/mol. The molecule has 2 aliphatic rings. The number of benzene rings is 3. The zero-order valence-corrected chi connectivity index (χ0v) is 47.2. The van der Waals surface area contributed by atoms with Gasteiger partial charge in [0.05, 0.1) is 12.1 Å². The van der Waals surface area contributed by atoms with Crippen LogP contribution in [-0.2, 0) is 51.2 Å². The highest BCUT2D eigenvalue weighted by molar-refractivity contribution is 6.02. The fourth-order valence-corrected chi connectivity index (χ4v) is 9.55. The van der Waals surface area contributed by atoms with Gasteiger partial charge in [-0.15, -0.1) is 0 Å². The molecule has 0 radical (unpaired) electrons. The maximum absolute atomic E-state index is 14.6. The Morgan fingerprint density at radius 2 is 0.846 bits per heavy atom. The van der Waals surface area contributed by atoms with Gasteiger partial charge in [-0.05, 0) is 99.8 Å². The van der Waals surface area contributed by atoms with Crippen molar-refractivity contribution in [3.8, 4) is 0 Å². The maximum atomic E-state index is 14.6. The second kappa shape index (κ2) is 26.8. The summed E-state index contributed by atoms with van der Waals surface area (Å²) in [6.45, 7) is 16.4. The summed E-state index contributed by atoms with van der Waals surface area (Å²) in [6, 6.07) is 17.1. The van der Waals surface area contributed by atoms with Crippen LogP contribution in [0.3, 0.4) is 0 Å². The third-order valence-electron chi connectivity index (χ3n) is 14.5. The van der Waals surface area contributed by atoms with E-state index in [4.69, 9.17) is 0 Å². The number of hydrogen-bond donors (Lipinski definition) is 6. The lowest BCUT2D eigenvalue weighted by molar-refractivity contribution is -0.152. The average Bonchev–Trinajstić information content (AvgIpc) is 4.06. The largest absolute Gasteiger partial charge is 0.347 e. The number of carbonyl (C=O) groups is 10. The minimum Gasteiger partial charge on any atom is -0.347 e. The van der Waals surface area contributed by atoms with E-state index in [0.717, 1.165) is 20.9 Å². The third kappa shape index (κ3) is 15.9. The highest BCUT2D eigenvalue weighted by Crippen LogP contribution is 2.30. The van der Waals surface area contributed by atoms with Gasteiger partial charge in [0.1, 0.15) is 24.2 Å². The summed E-state index contributed by atoms with van der Waals surface area (Å²) in [7, 11) is 3.23. The molecule has 3 aromatic carbocycles. The lowest BCUT2D eigenvalue weighted by Gasteiger charge is -2.36. The molecule has 0 spiro atoms. The minimum atomic E-state index is -1.17. The second-order valence-electron chi connectivity index (χ2n) is 22.5. The van der Waals surface area contributed by atoms with E-state index in [2.05, 4.69) is 31.9 Å². The SMILES string of the molecule is CN[C@@H](C)C(=O)N[C@H](C(=O)N1C[C@@H](NC(=O)c2ccc(C(=O)N[C@H]3C[C@@H](C(=O)N(CCc4ccccc4)C(C)=O)N(C(=O)[C@@H](NC(=O)[C@H](C)NC)C(C)(C)C)C3)cc2)C[C@H]1C(=O)N(CCc1ccccc1)C(C)=O)C(C)(C)C. The molecule has 2 saturated heterocycles. The molecular formula is C58H80N10O10. The standard InChI is InChI=1S/C58H80N10O10/c1-35(59-11)49(71)63-47(57(5,6)7)55(77)67-33-43(31-45(67)53(75)65(37(3)69)29-27-39-19-15-13-16-20-39)61-51(73)41-23-25-42(26-24-41)52(74)62-44-32-46(54(76)66(38(4)70)30-28-40-21-17-14-18-22-40)68(34-44)56(78)48(58(8,9)10)64-50(72)36(2)60-12/h13-26,35-36,43-48,59-60H,27-34H2,1-12H3,(H,61,73)(H,62,74)(H,63,71)(H,64,72)/t35-,36-,43-,44-,45-,46-,47+,48+/m0/s1. The van der Waals surface area contributed by atoms with Crippen LogP contribution in [0.15, 0.2) is 84.9 Å². The van der Waals surface area contributed by atoms with Crippen molar-refractivity contribution < 1.29 is 47.9 Å². The Balaban J connectivity index is 1.36. The van der Waals surface area contributed by atoms with Crippen LogP contribution in [0.4, 0.5) is 0 Å². The van der Waals surface area contributed by atoms with Gasteiger partial charge in [-0.3, -0.25) is 57.7 Å². The molecule has 3 aromatic rings. The fraction of sp³-hybridized carbons (Fsp3) is 0.517. The summed E-state index contributed by atoms with van der Waals surface area (Å²) in [5, 5.41) is 17.3. The van der Waals surface area contributed by atoms with Crippen molar-refractivity contribution in [1.82, 2.24) is 51.5 Å². The molecule has 20 nitrogen and oxygen atoms in total. The van der Waals surface area contributed by atoms with Crippen LogP contribution in [-0.4, -0.2) is 167 Å². The molecule has 0 unspecified atom stereocenters. The Hall–Kier alpha value is -7.32. The van der Waals surface area contributed by atoms with Crippen molar-refractivity contribution >= 4 is 59.1 Å². The van der Waals surface area contributed by atoms with E-state index >= 15 is 0 Å². The predicted molar refractivity (Wildman–Crippen MR) is 294 cm³/mol. The Morgan fingerprint density at radius 3 is 1.13 bits per heavy atom. The zero-order valence-electron chi connectivity index (χ0n) is 47.2. The van der Waals surface area contributed by atoms with Gasteiger partial charge in [-0.25, -0.2) is 0 Å². The number of rotatable bonds is 20. The summed E-state index contributed by atoms with van der Waals surface area (Å²) < 4.78 is 0. The van der Waals surface area contributed by atoms with E-state index in [1.54, 1.807) is 69.5 Å². The van der Waals surface area contributed by atoms with Gasteiger partial charge in [-0.1, -0.05) is 102 Å². The Bertz CT molecular complexity index is 2470. The Kier molecular flexibility index (Phi) is 21.2. The van der Waals surface area contributed by atoms with E-state index < -0.39 is 118 Å². The van der Waals surface area contributed by atoms with Crippen molar-refractivity contribution in [2.24, 2.45) is 10.8 Å². The lowest BCUT2D eigenvalue weighted by Crippen LogP contribution is -2.60. The van der Waals surface area contributed by atoms with Gasteiger partial charge in [-0.2, -0.15) is 0 Å². The molecular weight excluding hydrogens is 997 g/mol. The van der Waals surface area contributed by atoms with Crippen molar-refractivity contribution in [1.29, 1.82) is 0 Å². The number of likely N-dealkylation sites (tertiary alicyclic amines) is 2. The number of amides is 10. The average molecular weight is 1080 g/mol. The Labute approximate surface area is 458 Å². The molecule has 20 heteroatoms. The highest BCUT2D eigenvalue weighted by Gasteiger charge is 2.49. The third-order valence-corrected chi connectivity index (χ3v) is 14.5. The molecule has 2 heterocycles. The molecule has 8 atom stereocenters. The first-order valence-electron chi connectivity index (χ1n) is 26.7. The molecule has 0 bridgehead atoms. The summed E-state index contributed by atoms with van der Waals surface area (Å²) >= 11 is 0. The van der Waals surface area contributed by atoms with E-state index in [9.17, 15) is 47.9 Å². The number of nitrogens with zero attached hydrogens (tertiary/aromatic N) is 4. The molecule has 0 saturated carbocycles. The zero-order chi connectivity index (χ0) is 57.8. The van der Waals surface area contributed by atoms with Gasteiger partial charge in [0.2, 0.25) is 35.4 Å². The van der Waals surface area contributed by atoms with Crippen LogP contribution in [0.5, 0.6) is 0 Å². The summed E-state index contributed by atoms with van der Waals surface area (Å²) in [6.07, 6.45) is 0.660. The quantitative estimate of drug-likeness (QED) is 0.0956. The van der Waals surface area contributed by atoms with Crippen LogP contribution >= 0.6 is 0 Å². The van der Waals surface area contributed by atoms with Crippen molar-refractivity contribution in [2.75, 3.05) is 40.3 Å². The van der Waals surface area contributed by atoms with Crippen LogP contribution in [0.1, 0.15) is 114 Å². The van der Waals surface area contributed by atoms with Crippen molar-refractivity contribution in [3.05, 3.63) is 107 Å². The molecule has 6 N–H and O–H groups in total. The molecule has 2 fully saturated rings. The molecule has 0 aliphatic carbocycles. The van der Waals surface area contributed by atoms with Crippen LogP contribution in [0.25, 0.3) is 0 Å². The highest BCUT2D eigenvalue weighted by atomic mass is 16.2. The molecule has 10 amide bonds. The van der Waals surface area contributed by atoms with Gasteiger partial charge >= 0.3 is 0 Å². The number of nitrogens with one attached hydrogen (secondary N) is 6. The van der Waals surface area contributed by atoms with Gasteiger partial charge in [0.25, 0.3) is 23.6 Å². The molecule has 422 valence electrons. The summed E-state index contributed by atoms with van der Waals surface area (Å²) in [5.74, 6) is -5.37. The van der Waals surface area contributed by atoms with Crippen molar-refractivity contribution in [2.45, 2.75) is 143 Å². The normalized spacial score (nSPS) is 18.9. The molecule has 5 rings (SSSR count). The summed E-state index contributed by atoms with van der Waals surface area (Å²) in [4.78, 5) is 144. The van der Waals surface area contributed by atoms with Crippen molar-refractivity contribution in [3.63, 3.8) is 0 Å². The van der Waals surface area contributed by atoms with Gasteiger partial charge < -0.3 is 41.7 Å². The first-order chi connectivity index (χ1) is 36.7. The van der Waals surface area contributed by atoms with E-state index in [-0.39, 0.29) is 50.1 Å². The lowest BCUT2D eigenvalue weighted by atomic mass is 9.85. The molecule has 2 aliphatic heterocycles. The topological polar surface area (TPSA) is 256 Å². The first-order valence-corrected chi connectivity index (χ1v) is 26.7. The number of imide groups is 2. The van der Waals surface area contributed by atoms with Crippen LogP contribution < -0.4 is 31.9 Å². The number of likely N-dealkylation sites (N-methyl/N-ethyl adjacent to an activating group) is 2. The first kappa shape index (κ1) is 61.5. The summed E-state index contributed by atoms with van der Waals surface area (Å²) in [5.41, 5.74) is 0.471.